The summed E-state index contributed by atoms with van der Waals surface area (Å²) in [6.45, 7) is 8.42. The zero-order valence-electron chi connectivity index (χ0n) is 8.64. The van der Waals surface area contributed by atoms with Crippen LogP contribution in [0.4, 0.5) is 0 Å². The van der Waals surface area contributed by atoms with E-state index in [-0.39, 0.29) is 5.41 Å². The Hall–Kier alpha value is -0.0500. The van der Waals surface area contributed by atoms with Crippen molar-refractivity contribution in [1.82, 2.24) is 4.90 Å². The molecule has 1 fully saturated rings. The third kappa shape index (κ3) is 2.70. The van der Waals surface area contributed by atoms with Gasteiger partial charge in [0.25, 0.3) is 0 Å². The Morgan fingerprint density at radius 2 is 2.15 bits per heavy atom. The van der Waals surface area contributed by atoms with Crippen molar-refractivity contribution >= 4 is 21.8 Å². The molecule has 0 N–H and O–H groups in total. The molecule has 0 saturated carbocycles. The second-order valence-corrected chi connectivity index (χ2v) is 5.59. The van der Waals surface area contributed by atoms with Crippen molar-refractivity contribution in [3.8, 4) is 0 Å². The van der Waals surface area contributed by atoms with Gasteiger partial charge in [0.05, 0.1) is 0 Å². The van der Waals surface area contributed by atoms with Crippen molar-refractivity contribution < 1.29 is 4.79 Å². The molecule has 1 atom stereocenters. The molecule has 0 spiro atoms. The summed E-state index contributed by atoms with van der Waals surface area (Å²) in [5.41, 5.74) is 0.261. The number of halogens is 1. The van der Waals surface area contributed by atoms with Crippen LogP contribution in [-0.2, 0) is 4.79 Å². The molecular weight excluding hydrogens is 230 g/mol. The number of likely N-dealkylation sites (tertiary alicyclic amines) is 1. The zero-order chi connectivity index (χ0) is 10.1. The van der Waals surface area contributed by atoms with Crippen LogP contribution in [0.5, 0.6) is 0 Å². The Morgan fingerprint density at radius 1 is 1.54 bits per heavy atom. The average Bonchev–Trinajstić information content (AvgIpc) is 2.32. The monoisotopic (exact) mass is 247 g/mol. The van der Waals surface area contributed by atoms with Gasteiger partial charge in [0.15, 0.2) is 0 Å². The minimum absolute atomic E-state index is 0.261. The van der Waals surface area contributed by atoms with Crippen LogP contribution in [0.3, 0.4) is 0 Å². The van der Waals surface area contributed by atoms with E-state index in [1.165, 1.54) is 0 Å². The normalized spacial score (nSPS) is 24.2. The molecule has 1 aliphatic heterocycles. The molecule has 1 aliphatic rings. The number of alkyl halides is 1. The molecule has 13 heavy (non-hydrogen) atoms. The van der Waals surface area contributed by atoms with Crippen molar-refractivity contribution in [2.24, 2.45) is 11.3 Å². The van der Waals surface area contributed by atoms with Gasteiger partial charge in [-0.05, 0) is 11.3 Å². The average molecular weight is 248 g/mol. The fourth-order valence-corrected chi connectivity index (χ4v) is 2.10. The van der Waals surface area contributed by atoms with E-state index < -0.39 is 0 Å². The predicted molar refractivity (Wildman–Crippen MR) is 57.9 cm³/mol. The van der Waals surface area contributed by atoms with Gasteiger partial charge in [-0.1, -0.05) is 36.7 Å². The second kappa shape index (κ2) is 3.99. The highest BCUT2D eigenvalue weighted by atomic mass is 79.9. The van der Waals surface area contributed by atoms with Crippen LogP contribution >= 0.6 is 15.9 Å². The summed E-state index contributed by atoms with van der Waals surface area (Å²) in [7, 11) is 0. The smallest absolute Gasteiger partial charge is 0.222 e. The zero-order valence-corrected chi connectivity index (χ0v) is 10.2. The SMILES string of the molecule is CC(C)(C)C1CC(=O)N(CCBr)C1. The first-order valence-corrected chi connectivity index (χ1v) is 5.91. The fourth-order valence-electron chi connectivity index (χ4n) is 1.67. The molecule has 0 radical (unpaired) electrons. The predicted octanol–water partition coefficient (Wildman–Crippen LogP) is 2.28. The van der Waals surface area contributed by atoms with Crippen LogP contribution in [0.15, 0.2) is 0 Å². The van der Waals surface area contributed by atoms with E-state index in [0.29, 0.717) is 11.8 Å². The second-order valence-electron chi connectivity index (χ2n) is 4.80. The number of amides is 1. The van der Waals surface area contributed by atoms with Crippen molar-refractivity contribution in [1.29, 1.82) is 0 Å². The molecule has 1 amide bonds. The summed E-state index contributed by atoms with van der Waals surface area (Å²) in [6.07, 6.45) is 0.733. The lowest BCUT2D eigenvalue weighted by Crippen LogP contribution is -2.29. The maximum atomic E-state index is 11.5. The summed E-state index contributed by atoms with van der Waals surface area (Å²) in [4.78, 5) is 13.5. The molecule has 0 aromatic rings. The van der Waals surface area contributed by atoms with Crippen LogP contribution in [0, 0.1) is 11.3 Å². The van der Waals surface area contributed by atoms with Gasteiger partial charge >= 0.3 is 0 Å². The lowest BCUT2D eigenvalue weighted by Gasteiger charge is -2.26. The fraction of sp³-hybridized carbons (Fsp3) is 0.900. The summed E-state index contributed by atoms with van der Waals surface area (Å²) in [5.74, 6) is 0.846. The Labute approximate surface area is 88.8 Å². The lowest BCUT2D eigenvalue weighted by atomic mass is 9.80. The highest BCUT2D eigenvalue weighted by molar-refractivity contribution is 9.09. The van der Waals surface area contributed by atoms with E-state index in [1.54, 1.807) is 0 Å². The molecule has 0 aliphatic carbocycles. The number of rotatable bonds is 2. The number of nitrogens with zero attached hydrogens (tertiary/aromatic N) is 1. The first-order valence-electron chi connectivity index (χ1n) is 4.79. The van der Waals surface area contributed by atoms with E-state index in [4.69, 9.17) is 0 Å². The van der Waals surface area contributed by atoms with Gasteiger partial charge in [-0.3, -0.25) is 4.79 Å². The topological polar surface area (TPSA) is 20.3 Å². The highest BCUT2D eigenvalue weighted by Gasteiger charge is 2.36. The van der Waals surface area contributed by atoms with Crippen molar-refractivity contribution in [2.45, 2.75) is 27.2 Å². The van der Waals surface area contributed by atoms with Gasteiger partial charge in [-0.15, -0.1) is 0 Å². The maximum Gasteiger partial charge on any atom is 0.222 e. The van der Waals surface area contributed by atoms with Crippen LogP contribution in [0.25, 0.3) is 0 Å². The van der Waals surface area contributed by atoms with Crippen LogP contribution in [0.1, 0.15) is 27.2 Å². The molecule has 3 heteroatoms. The van der Waals surface area contributed by atoms with E-state index >= 15 is 0 Å². The van der Waals surface area contributed by atoms with Crippen LogP contribution in [0.2, 0.25) is 0 Å². The molecule has 0 aromatic carbocycles. The van der Waals surface area contributed by atoms with Gasteiger partial charge in [0, 0.05) is 24.8 Å². The first kappa shape index (κ1) is 11.0. The summed E-state index contributed by atoms with van der Waals surface area (Å²) >= 11 is 3.36. The quantitative estimate of drug-likeness (QED) is 0.686. The Balaban J connectivity index is 2.55. The molecule has 0 bridgehead atoms. The highest BCUT2D eigenvalue weighted by Crippen LogP contribution is 2.33. The molecular formula is C10H18BrNO. The molecule has 1 saturated heterocycles. The van der Waals surface area contributed by atoms with Crippen molar-refractivity contribution in [3.63, 3.8) is 0 Å². The minimum atomic E-state index is 0.261. The van der Waals surface area contributed by atoms with Crippen molar-refractivity contribution in [2.75, 3.05) is 18.4 Å². The number of hydrogen-bond donors (Lipinski definition) is 0. The van der Waals surface area contributed by atoms with Crippen molar-refractivity contribution in [3.05, 3.63) is 0 Å². The number of hydrogen-bond acceptors (Lipinski definition) is 1. The third-order valence-electron chi connectivity index (χ3n) is 2.79. The van der Waals surface area contributed by atoms with E-state index in [2.05, 4.69) is 36.7 Å². The molecule has 76 valence electrons. The van der Waals surface area contributed by atoms with Gasteiger partial charge in [-0.2, -0.15) is 0 Å². The van der Waals surface area contributed by atoms with Crippen LogP contribution in [-0.4, -0.2) is 29.2 Å². The van der Waals surface area contributed by atoms with E-state index in [9.17, 15) is 4.79 Å². The first-order chi connectivity index (χ1) is 5.95. The summed E-state index contributed by atoms with van der Waals surface area (Å²) < 4.78 is 0. The van der Waals surface area contributed by atoms with E-state index in [0.717, 1.165) is 24.8 Å². The summed E-state index contributed by atoms with van der Waals surface area (Å²) in [6, 6.07) is 0. The van der Waals surface area contributed by atoms with Crippen LogP contribution < -0.4 is 0 Å². The molecule has 1 unspecified atom stereocenters. The third-order valence-corrected chi connectivity index (χ3v) is 3.15. The molecule has 2 nitrogen and oxygen atoms in total. The number of carbonyl (C=O) groups excluding carboxylic acids is 1. The molecule has 1 rings (SSSR count). The van der Waals surface area contributed by atoms with Gasteiger partial charge in [0.2, 0.25) is 5.91 Å². The largest absolute Gasteiger partial charge is 0.342 e. The molecule has 0 aromatic heterocycles. The minimum Gasteiger partial charge on any atom is -0.342 e. The summed E-state index contributed by atoms with van der Waals surface area (Å²) in [5, 5.41) is 0.885. The van der Waals surface area contributed by atoms with Gasteiger partial charge < -0.3 is 4.90 Å². The molecule has 1 heterocycles. The van der Waals surface area contributed by atoms with Gasteiger partial charge in [-0.25, -0.2) is 0 Å². The number of carbonyl (C=O) groups is 1. The Kier molecular flexibility index (Phi) is 3.38. The van der Waals surface area contributed by atoms with E-state index in [1.807, 2.05) is 4.90 Å². The van der Waals surface area contributed by atoms with Gasteiger partial charge in [0.1, 0.15) is 0 Å². The lowest BCUT2D eigenvalue weighted by molar-refractivity contribution is -0.127. The Morgan fingerprint density at radius 3 is 2.54 bits per heavy atom. The maximum absolute atomic E-state index is 11.5. The standard InChI is InChI=1S/C10H18BrNO/c1-10(2,3)8-6-9(13)12(7-8)5-4-11/h8H,4-7H2,1-3H3. The Bertz CT molecular complexity index is 198.